The molecule has 2 unspecified atom stereocenters. The van der Waals surface area contributed by atoms with Crippen molar-refractivity contribution in [1.29, 1.82) is 0 Å². The molecule has 5 heteroatoms. The van der Waals surface area contributed by atoms with E-state index in [0.29, 0.717) is 12.2 Å². The van der Waals surface area contributed by atoms with E-state index in [-0.39, 0.29) is 10.7 Å². The average Bonchev–Trinajstić information content (AvgIpc) is 3.00. The van der Waals surface area contributed by atoms with E-state index in [9.17, 15) is 15.0 Å². The Kier molecular flexibility index (Phi) is 25.4. The number of hydrogen-bond donors (Lipinski definition) is 2. The van der Waals surface area contributed by atoms with Gasteiger partial charge in [0.15, 0.2) is 0 Å². The van der Waals surface area contributed by atoms with Crippen molar-refractivity contribution >= 4 is 29.5 Å². The molecule has 0 aliphatic heterocycles. The van der Waals surface area contributed by atoms with Crippen LogP contribution < -0.4 is 0 Å². The molecule has 0 saturated carbocycles. The number of carboxylic acids is 1. The second kappa shape index (κ2) is 27.1. The molecule has 0 radical (unpaired) electrons. The first-order valence-corrected chi connectivity index (χ1v) is 21.6. The van der Waals surface area contributed by atoms with Crippen molar-refractivity contribution in [1.82, 2.24) is 0 Å². The van der Waals surface area contributed by atoms with Gasteiger partial charge in [-0.25, -0.2) is 0 Å². The number of unbranched alkanes of at least 4 members (excludes halogenated alkanes) is 18. The van der Waals surface area contributed by atoms with Gasteiger partial charge in [-0.15, -0.1) is 0 Å². The van der Waals surface area contributed by atoms with Crippen LogP contribution in [0, 0.1) is 12.8 Å². The minimum atomic E-state index is -0.677. The summed E-state index contributed by atoms with van der Waals surface area (Å²) >= 11 is 3.94. The molecule has 46 heavy (non-hydrogen) atoms. The van der Waals surface area contributed by atoms with E-state index in [4.69, 9.17) is 0 Å². The summed E-state index contributed by atoms with van der Waals surface area (Å²) in [6.07, 6.45) is 28.4. The Labute approximate surface area is 294 Å². The zero-order valence-corrected chi connectivity index (χ0v) is 32.7. The molecule has 0 aliphatic rings. The van der Waals surface area contributed by atoms with Gasteiger partial charge in [-0.3, -0.25) is 4.79 Å². The maximum Gasteiger partial charge on any atom is 0.307 e. The van der Waals surface area contributed by atoms with Crippen LogP contribution in [0.2, 0.25) is 0 Å². The van der Waals surface area contributed by atoms with Crippen LogP contribution in [0.3, 0.4) is 0 Å². The van der Waals surface area contributed by atoms with Gasteiger partial charge in [0.05, 0.1) is 5.92 Å². The fourth-order valence-electron chi connectivity index (χ4n) is 6.39. The number of phenols is 1. The van der Waals surface area contributed by atoms with Gasteiger partial charge in [0.25, 0.3) is 0 Å². The summed E-state index contributed by atoms with van der Waals surface area (Å²) < 4.78 is 0. The molecule has 0 aliphatic carbocycles. The number of thioether (sulfide) groups is 2. The van der Waals surface area contributed by atoms with E-state index in [1.165, 1.54) is 134 Å². The Balaban J connectivity index is 2.63. The Morgan fingerprint density at radius 1 is 0.696 bits per heavy atom. The Morgan fingerprint density at radius 3 is 1.61 bits per heavy atom. The molecular formula is C41H74O3S2. The molecule has 0 saturated heterocycles. The van der Waals surface area contributed by atoms with E-state index in [0.717, 1.165) is 34.6 Å². The molecule has 0 fully saturated rings. The van der Waals surface area contributed by atoms with Gasteiger partial charge in [-0.1, -0.05) is 162 Å². The standard InChI is InChI=1S/C41H74O3S2/c1-7-9-11-13-15-17-19-21-23-25-28-45-30-27-38(46-29-26-24-22-20-18-16-14-12-10-8-2)36(40(43)44)32-35-31-34(3)39(42)37(33-35)41(4,5)6/h31,33,36,38,42H,7-30,32H2,1-6H3,(H,43,44). The van der Waals surface area contributed by atoms with Crippen LogP contribution in [0.1, 0.15) is 186 Å². The van der Waals surface area contributed by atoms with Crippen LogP contribution in [0.25, 0.3) is 0 Å². The van der Waals surface area contributed by atoms with Crippen LogP contribution in [0.15, 0.2) is 12.1 Å². The van der Waals surface area contributed by atoms with E-state index in [1.54, 1.807) is 0 Å². The first kappa shape index (κ1) is 43.2. The maximum absolute atomic E-state index is 12.7. The Bertz CT molecular complexity index is 894. The Hall–Kier alpha value is -0.810. The number of aryl methyl sites for hydroxylation is 1. The molecular weight excluding hydrogens is 605 g/mol. The largest absolute Gasteiger partial charge is 0.507 e. The van der Waals surface area contributed by atoms with E-state index in [2.05, 4.69) is 40.7 Å². The van der Waals surface area contributed by atoms with E-state index >= 15 is 0 Å². The highest BCUT2D eigenvalue weighted by atomic mass is 32.2. The zero-order chi connectivity index (χ0) is 34.0. The second-order valence-corrected chi connectivity index (χ2v) is 17.5. The van der Waals surface area contributed by atoms with Crippen LogP contribution >= 0.6 is 23.5 Å². The molecule has 268 valence electrons. The van der Waals surface area contributed by atoms with Gasteiger partial charge < -0.3 is 10.2 Å². The number of benzene rings is 1. The monoisotopic (exact) mass is 679 g/mol. The minimum absolute atomic E-state index is 0.114. The van der Waals surface area contributed by atoms with E-state index in [1.807, 2.05) is 36.5 Å². The lowest BCUT2D eigenvalue weighted by atomic mass is 9.82. The molecule has 1 rings (SSSR count). The van der Waals surface area contributed by atoms with Crippen LogP contribution in [0.5, 0.6) is 5.75 Å². The number of hydrogen-bond acceptors (Lipinski definition) is 4. The van der Waals surface area contributed by atoms with Crippen molar-refractivity contribution in [2.24, 2.45) is 5.92 Å². The number of phenolic OH excluding ortho intramolecular Hbond substituents is 1. The van der Waals surface area contributed by atoms with Gasteiger partial charge in [0.1, 0.15) is 5.75 Å². The highest BCUT2D eigenvalue weighted by Crippen LogP contribution is 2.36. The van der Waals surface area contributed by atoms with Gasteiger partial charge in [0, 0.05) is 5.25 Å². The predicted octanol–water partition coefficient (Wildman–Crippen LogP) is 13.3. The molecule has 2 atom stereocenters. The maximum atomic E-state index is 12.7. The fourth-order valence-corrected chi connectivity index (χ4v) is 8.98. The van der Waals surface area contributed by atoms with Crippen molar-refractivity contribution in [2.45, 2.75) is 193 Å². The lowest BCUT2D eigenvalue weighted by Gasteiger charge is -2.26. The summed E-state index contributed by atoms with van der Waals surface area (Å²) in [5, 5.41) is 21.3. The van der Waals surface area contributed by atoms with Crippen LogP contribution in [-0.4, -0.2) is 38.7 Å². The van der Waals surface area contributed by atoms with E-state index < -0.39 is 11.9 Å². The van der Waals surface area contributed by atoms with Crippen LogP contribution in [0.4, 0.5) is 0 Å². The molecule has 0 bridgehead atoms. The van der Waals surface area contributed by atoms with Crippen LogP contribution in [-0.2, 0) is 16.6 Å². The zero-order valence-electron chi connectivity index (χ0n) is 31.1. The highest BCUT2D eigenvalue weighted by molar-refractivity contribution is 8.00. The highest BCUT2D eigenvalue weighted by Gasteiger charge is 2.30. The molecule has 2 N–H and O–H groups in total. The summed E-state index contributed by atoms with van der Waals surface area (Å²) in [7, 11) is 0. The third kappa shape index (κ3) is 20.5. The normalized spacial score (nSPS) is 13.3. The van der Waals surface area contributed by atoms with Gasteiger partial charge in [-0.2, -0.15) is 23.5 Å². The van der Waals surface area contributed by atoms with Crippen molar-refractivity contribution < 1.29 is 15.0 Å². The summed E-state index contributed by atoms with van der Waals surface area (Å²) in [6, 6.07) is 4.06. The molecule has 1 aromatic carbocycles. The third-order valence-electron chi connectivity index (χ3n) is 9.41. The quantitative estimate of drug-likeness (QED) is 0.0793. The Morgan fingerprint density at radius 2 is 1.15 bits per heavy atom. The summed E-state index contributed by atoms with van der Waals surface area (Å²) in [5.74, 6) is 2.54. The summed E-state index contributed by atoms with van der Waals surface area (Å²) in [6.45, 7) is 12.8. The SMILES string of the molecule is CCCCCCCCCCCCSCCC(SCCCCCCCCCCCC)C(Cc1cc(C)c(O)c(C(C)(C)C)c1)C(=O)O. The topological polar surface area (TPSA) is 57.5 Å². The number of aliphatic carboxylic acids is 1. The van der Waals surface area contributed by atoms with Crippen molar-refractivity contribution in [2.75, 3.05) is 17.3 Å². The molecule has 0 spiro atoms. The number of carboxylic acid groups (broad SMARTS) is 1. The van der Waals surface area contributed by atoms with Gasteiger partial charge in [0.2, 0.25) is 0 Å². The molecule has 0 heterocycles. The first-order chi connectivity index (χ1) is 22.1. The predicted molar refractivity (Wildman–Crippen MR) is 208 cm³/mol. The van der Waals surface area contributed by atoms with Gasteiger partial charge >= 0.3 is 5.97 Å². The first-order valence-electron chi connectivity index (χ1n) is 19.4. The number of aromatic hydroxyl groups is 1. The third-order valence-corrected chi connectivity index (χ3v) is 12.0. The van der Waals surface area contributed by atoms with Crippen molar-refractivity contribution in [3.8, 4) is 5.75 Å². The smallest absolute Gasteiger partial charge is 0.307 e. The molecule has 3 nitrogen and oxygen atoms in total. The van der Waals surface area contributed by atoms with Crippen molar-refractivity contribution in [3.05, 3.63) is 28.8 Å². The number of rotatable bonds is 30. The average molecular weight is 679 g/mol. The summed E-state index contributed by atoms with van der Waals surface area (Å²) in [5.41, 5.74) is 2.59. The second-order valence-electron chi connectivity index (χ2n) is 14.9. The lowest BCUT2D eigenvalue weighted by molar-refractivity contribution is -0.141. The van der Waals surface area contributed by atoms with Crippen molar-refractivity contribution in [3.63, 3.8) is 0 Å². The minimum Gasteiger partial charge on any atom is -0.507 e. The molecule has 0 aromatic heterocycles. The summed E-state index contributed by atoms with van der Waals surface area (Å²) in [4.78, 5) is 12.7. The van der Waals surface area contributed by atoms with Gasteiger partial charge in [-0.05, 0) is 72.0 Å². The molecule has 0 amide bonds. The lowest BCUT2D eigenvalue weighted by Crippen LogP contribution is -2.29. The molecule has 1 aromatic rings. The number of carbonyl (C=O) groups is 1. The fraction of sp³-hybridized carbons (Fsp3) is 0.829.